The van der Waals surface area contributed by atoms with E-state index < -0.39 is 0 Å². The predicted octanol–water partition coefficient (Wildman–Crippen LogP) is 3.69. The van der Waals surface area contributed by atoms with Gasteiger partial charge < -0.3 is 9.80 Å². The maximum Gasteiger partial charge on any atom is 0.0326 e. The van der Waals surface area contributed by atoms with Crippen LogP contribution in [0.1, 0.15) is 34.1 Å². The molecule has 1 fully saturated rings. The van der Waals surface area contributed by atoms with Crippen LogP contribution in [0.2, 0.25) is 0 Å². The van der Waals surface area contributed by atoms with Gasteiger partial charge in [-0.3, -0.25) is 0 Å². The van der Waals surface area contributed by atoms with Gasteiger partial charge in [0, 0.05) is 31.9 Å². The Bertz CT molecular complexity index is 294. The van der Waals surface area contributed by atoms with Gasteiger partial charge in [0.2, 0.25) is 0 Å². The molecule has 0 saturated carbocycles. The van der Waals surface area contributed by atoms with Gasteiger partial charge in [0.25, 0.3) is 0 Å². The molecule has 1 aliphatic heterocycles. The molecule has 1 saturated heterocycles. The summed E-state index contributed by atoms with van der Waals surface area (Å²) in [4.78, 5) is 4.75. The molecule has 18 heavy (non-hydrogen) atoms. The van der Waals surface area contributed by atoms with E-state index in [9.17, 15) is 0 Å². The molecule has 0 spiro atoms. The Kier molecular flexibility index (Phi) is 8.47. The number of hydrogen-bond donors (Lipinski definition) is 0. The van der Waals surface area contributed by atoms with Crippen molar-refractivity contribution in [3.05, 3.63) is 36.1 Å². The van der Waals surface area contributed by atoms with Crippen LogP contribution in [0.5, 0.6) is 0 Å². The van der Waals surface area contributed by atoms with E-state index in [0.29, 0.717) is 0 Å². The van der Waals surface area contributed by atoms with E-state index in [-0.39, 0.29) is 0 Å². The zero-order chi connectivity index (χ0) is 14.1. The first-order valence-electron chi connectivity index (χ1n) is 7.03. The molecule has 0 unspecified atom stereocenters. The number of piperazine rings is 1. The Morgan fingerprint density at radius 3 is 2.00 bits per heavy atom. The third kappa shape index (κ3) is 5.54. The smallest absolute Gasteiger partial charge is 0.0326 e. The first-order chi connectivity index (χ1) is 8.54. The lowest BCUT2D eigenvalue weighted by Crippen LogP contribution is -2.43. The maximum absolute atomic E-state index is 4.23. The normalized spacial score (nSPS) is 16.9. The van der Waals surface area contributed by atoms with Crippen molar-refractivity contribution in [2.24, 2.45) is 0 Å². The van der Waals surface area contributed by atoms with E-state index in [1.165, 1.54) is 11.3 Å². The summed E-state index contributed by atoms with van der Waals surface area (Å²) in [5, 5.41) is 0. The maximum atomic E-state index is 4.23. The number of likely N-dealkylation sites (N-methyl/N-ethyl adjacent to an activating group) is 1. The average Bonchev–Trinajstić information content (AvgIpc) is 2.38. The fraction of sp³-hybridized carbons (Fsp3) is 0.625. The third-order valence-electron chi connectivity index (χ3n) is 3.06. The molecule has 2 heteroatoms. The van der Waals surface area contributed by atoms with Gasteiger partial charge in [-0.15, -0.1) is 0 Å². The monoisotopic (exact) mass is 250 g/mol. The molecule has 2 nitrogen and oxygen atoms in total. The minimum atomic E-state index is 1.03. The van der Waals surface area contributed by atoms with Crippen LogP contribution < -0.4 is 0 Å². The van der Waals surface area contributed by atoms with Crippen LogP contribution in [0.15, 0.2) is 36.1 Å². The van der Waals surface area contributed by atoms with E-state index in [4.69, 9.17) is 0 Å². The standard InChI is InChI=1S/C14H24N2.C2H6/c1-6-14(11-12(2)3)13(4)16-9-7-15(5)8-10-16;1-2/h11H,2,4,6-10H2,1,3,5H3;1-2H3/b14-11-;. The summed E-state index contributed by atoms with van der Waals surface area (Å²) in [7, 11) is 2.17. The van der Waals surface area contributed by atoms with Gasteiger partial charge in [0.15, 0.2) is 0 Å². The van der Waals surface area contributed by atoms with Crippen LogP contribution in [0.3, 0.4) is 0 Å². The molecule has 0 N–H and O–H groups in total. The topological polar surface area (TPSA) is 6.48 Å². The largest absolute Gasteiger partial charge is 0.369 e. The third-order valence-corrected chi connectivity index (χ3v) is 3.06. The summed E-state index contributed by atoms with van der Waals surface area (Å²) in [5.41, 5.74) is 3.60. The van der Waals surface area contributed by atoms with Gasteiger partial charge in [-0.05, 0) is 26.0 Å². The Morgan fingerprint density at radius 1 is 1.11 bits per heavy atom. The SMILES string of the molecule is C=C(C)/C=C(/CC)C(=C)N1CCN(C)CC1.CC. The molecule has 0 radical (unpaired) electrons. The molecule has 1 aliphatic rings. The summed E-state index contributed by atoms with van der Waals surface area (Å²) < 4.78 is 0. The minimum Gasteiger partial charge on any atom is -0.369 e. The van der Waals surface area contributed by atoms with Crippen LogP contribution >= 0.6 is 0 Å². The summed E-state index contributed by atoms with van der Waals surface area (Å²) in [6.07, 6.45) is 3.18. The second-order valence-corrected chi connectivity index (χ2v) is 4.61. The second-order valence-electron chi connectivity index (χ2n) is 4.61. The van der Waals surface area contributed by atoms with E-state index in [2.05, 4.69) is 43.0 Å². The van der Waals surface area contributed by atoms with Crippen molar-refractivity contribution in [2.75, 3.05) is 33.2 Å². The van der Waals surface area contributed by atoms with Crippen molar-refractivity contribution in [1.82, 2.24) is 9.80 Å². The zero-order valence-corrected chi connectivity index (χ0v) is 12.9. The summed E-state index contributed by atoms with van der Waals surface area (Å²) >= 11 is 0. The molecular weight excluding hydrogens is 220 g/mol. The fourth-order valence-corrected chi connectivity index (χ4v) is 1.97. The van der Waals surface area contributed by atoms with Gasteiger partial charge in [0.1, 0.15) is 0 Å². The Morgan fingerprint density at radius 2 is 1.61 bits per heavy atom. The van der Waals surface area contributed by atoms with Crippen LogP contribution in [0.25, 0.3) is 0 Å². The van der Waals surface area contributed by atoms with E-state index in [1.807, 2.05) is 20.8 Å². The molecule has 0 atom stereocenters. The molecule has 1 rings (SSSR count). The van der Waals surface area contributed by atoms with Crippen molar-refractivity contribution in [1.29, 1.82) is 0 Å². The van der Waals surface area contributed by atoms with Crippen LogP contribution in [-0.4, -0.2) is 43.0 Å². The summed E-state index contributed by atoms with van der Waals surface area (Å²) in [6, 6.07) is 0. The number of hydrogen-bond acceptors (Lipinski definition) is 2. The van der Waals surface area contributed by atoms with Crippen molar-refractivity contribution in [2.45, 2.75) is 34.1 Å². The highest BCUT2D eigenvalue weighted by atomic mass is 15.2. The van der Waals surface area contributed by atoms with E-state index >= 15 is 0 Å². The molecule has 0 aromatic carbocycles. The van der Waals surface area contributed by atoms with Crippen LogP contribution in [-0.2, 0) is 0 Å². The molecule has 1 heterocycles. The predicted molar refractivity (Wildman–Crippen MR) is 82.7 cm³/mol. The molecule has 0 aliphatic carbocycles. The fourth-order valence-electron chi connectivity index (χ4n) is 1.97. The highest BCUT2D eigenvalue weighted by molar-refractivity contribution is 5.33. The van der Waals surface area contributed by atoms with Gasteiger partial charge in [0.05, 0.1) is 0 Å². The van der Waals surface area contributed by atoms with Gasteiger partial charge in [-0.1, -0.05) is 45.6 Å². The van der Waals surface area contributed by atoms with Gasteiger partial charge >= 0.3 is 0 Å². The molecular formula is C16H30N2. The number of rotatable bonds is 4. The van der Waals surface area contributed by atoms with Crippen molar-refractivity contribution in [3.63, 3.8) is 0 Å². The zero-order valence-electron chi connectivity index (χ0n) is 12.9. The first kappa shape index (κ1) is 17.0. The number of nitrogens with zero attached hydrogens (tertiary/aromatic N) is 2. The van der Waals surface area contributed by atoms with Crippen LogP contribution in [0, 0.1) is 0 Å². The van der Waals surface area contributed by atoms with Gasteiger partial charge in [-0.2, -0.15) is 0 Å². The average molecular weight is 250 g/mol. The van der Waals surface area contributed by atoms with Crippen molar-refractivity contribution in [3.8, 4) is 0 Å². The van der Waals surface area contributed by atoms with Gasteiger partial charge in [-0.25, -0.2) is 0 Å². The molecule has 0 aromatic heterocycles. The van der Waals surface area contributed by atoms with Crippen LogP contribution in [0.4, 0.5) is 0 Å². The lowest BCUT2D eigenvalue weighted by atomic mass is 10.1. The minimum absolute atomic E-state index is 1.03. The highest BCUT2D eigenvalue weighted by Gasteiger charge is 2.16. The highest BCUT2D eigenvalue weighted by Crippen LogP contribution is 2.19. The first-order valence-corrected chi connectivity index (χ1v) is 7.03. The van der Waals surface area contributed by atoms with Crippen molar-refractivity contribution < 1.29 is 0 Å². The summed E-state index contributed by atoms with van der Waals surface area (Å²) in [6.45, 7) is 20.8. The van der Waals surface area contributed by atoms with E-state index in [0.717, 1.165) is 38.2 Å². The quantitative estimate of drug-likeness (QED) is 0.702. The molecule has 104 valence electrons. The lowest BCUT2D eigenvalue weighted by molar-refractivity contribution is 0.189. The van der Waals surface area contributed by atoms with Crippen molar-refractivity contribution >= 4 is 0 Å². The van der Waals surface area contributed by atoms with E-state index in [1.54, 1.807) is 0 Å². The second kappa shape index (κ2) is 8.98. The number of allylic oxidation sites excluding steroid dienone is 3. The Labute approximate surface area is 114 Å². The lowest BCUT2D eigenvalue weighted by Gasteiger charge is -2.36. The molecule has 0 amide bonds. The molecule has 0 bridgehead atoms. The Hall–Kier alpha value is -1.02. The Balaban J connectivity index is 0.00000137. The summed E-state index contributed by atoms with van der Waals surface area (Å²) in [5.74, 6) is 0. The molecule has 0 aromatic rings.